The SMILES string of the molecule is CC(C)CC(N)C(=O)NC(CC(N)=O)C(=O)NC(C(=O)NC(Cc1ccccc1)C(=O)O)C(C)O. The Balaban J connectivity index is 2.96. The molecule has 0 fully saturated rings. The number of carboxylic acid groups (broad SMARTS) is 1. The van der Waals surface area contributed by atoms with Gasteiger partial charge in [0, 0.05) is 6.42 Å². The topological polar surface area (TPSA) is 214 Å². The molecule has 194 valence electrons. The number of aliphatic carboxylic acids is 1. The standard InChI is InChI=1S/C23H35N5O7/c1-12(2)9-15(24)20(31)26-16(11-18(25)30)21(32)28-19(13(3)29)22(33)27-17(23(34)35)10-14-7-5-4-6-8-14/h4-8,12-13,15-17,19,29H,9-11,24H2,1-3H3,(H2,25,30)(H,26,31)(H,27,33)(H,28,32)(H,34,35). The van der Waals surface area contributed by atoms with E-state index in [-0.39, 0.29) is 12.3 Å². The Morgan fingerprint density at radius 1 is 0.886 bits per heavy atom. The third-order valence-electron chi connectivity index (χ3n) is 5.06. The summed E-state index contributed by atoms with van der Waals surface area (Å²) in [6.45, 7) is 4.93. The van der Waals surface area contributed by atoms with Crippen molar-refractivity contribution in [2.24, 2.45) is 17.4 Å². The number of carbonyl (C=O) groups excluding carboxylic acids is 4. The molecule has 5 unspecified atom stereocenters. The molecular weight excluding hydrogens is 458 g/mol. The molecule has 0 radical (unpaired) electrons. The van der Waals surface area contributed by atoms with Gasteiger partial charge < -0.3 is 37.6 Å². The number of carboxylic acids is 1. The summed E-state index contributed by atoms with van der Waals surface area (Å²) in [6, 6.07) is 3.27. The van der Waals surface area contributed by atoms with Crippen LogP contribution in [0.4, 0.5) is 0 Å². The van der Waals surface area contributed by atoms with E-state index < -0.39 is 66.3 Å². The first kappa shape index (κ1) is 29.5. The van der Waals surface area contributed by atoms with E-state index in [1.165, 1.54) is 6.92 Å². The number of amides is 4. The van der Waals surface area contributed by atoms with Crippen molar-refractivity contribution in [2.75, 3.05) is 0 Å². The lowest BCUT2D eigenvalue weighted by molar-refractivity contribution is -0.143. The average molecular weight is 494 g/mol. The Morgan fingerprint density at radius 2 is 1.46 bits per heavy atom. The van der Waals surface area contributed by atoms with Gasteiger partial charge in [-0.25, -0.2) is 4.79 Å². The van der Waals surface area contributed by atoms with Crippen LogP contribution in [0.2, 0.25) is 0 Å². The van der Waals surface area contributed by atoms with E-state index >= 15 is 0 Å². The second-order valence-electron chi connectivity index (χ2n) is 8.78. The van der Waals surface area contributed by atoms with Gasteiger partial charge in [-0.15, -0.1) is 0 Å². The lowest BCUT2D eigenvalue weighted by atomic mass is 10.0. The minimum atomic E-state index is -1.57. The monoisotopic (exact) mass is 493 g/mol. The predicted octanol–water partition coefficient (Wildman–Crippen LogP) is -1.60. The molecule has 0 aliphatic heterocycles. The van der Waals surface area contributed by atoms with E-state index in [4.69, 9.17) is 11.5 Å². The van der Waals surface area contributed by atoms with Gasteiger partial charge in [0.2, 0.25) is 23.6 Å². The number of nitrogens with two attached hydrogens (primary N) is 2. The van der Waals surface area contributed by atoms with Crippen LogP contribution in [-0.2, 0) is 30.4 Å². The van der Waals surface area contributed by atoms with Gasteiger partial charge in [-0.3, -0.25) is 19.2 Å². The van der Waals surface area contributed by atoms with Crippen LogP contribution in [0, 0.1) is 5.92 Å². The Morgan fingerprint density at radius 3 is 1.94 bits per heavy atom. The number of hydrogen-bond acceptors (Lipinski definition) is 7. The summed E-state index contributed by atoms with van der Waals surface area (Å²) < 4.78 is 0. The molecule has 1 aromatic rings. The highest BCUT2D eigenvalue weighted by atomic mass is 16.4. The minimum Gasteiger partial charge on any atom is -0.480 e. The summed E-state index contributed by atoms with van der Waals surface area (Å²) in [5.74, 6) is -4.72. The van der Waals surface area contributed by atoms with Crippen molar-refractivity contribution in [3.8, 4) is 0 Å². The van der Waals surface area contributed by atoms with Gasteiger partial charge in [0.05, 0.1) is 18.6 Å². The van der Waals surface area contributed by atoms with E-state index in [0.29, 0.717) is 12.0 Å². The van der Waals surface area contributed by atoms with Crippen LogP contribution in [0.3, 0.4) is 0 Å². The van der Waals surface area contributed by atoms with Crippen LogP contribution >= 0.6 is 0 Å². The number of nitrogens with one attached hydrogen (secondary N) is 3. The molecule has 0 aliphatic carbocycles. The highest BCUT2D eigenvalue weighted by Crippen LogP contribution is 2.06. The number of aliphatic hydroxyl groups excluding tert-OH is 1. The number of benzene rings is 1. The summed E-state index contributed by atoms with van der Waals surface area (Å²) >= 11 is 0. The molecule has 12 heteroatoms. The number of aliphatic hydroxyl groups is 1. The first-order valence-electron chi connectivity index (χ1n) is 11.2. The first-order valence-corrected chi connectivity index (χ1v) is 11.2. The third-order valence-corrected chi connectivity index (χ3v) is 5.06. The van der Waals surface area contributed by atoms with E-state index in [9.17, 15) is 34.2 Å². The fourth-order valence-corrected chi connectivity index (χ4v) is 3.27. The van der Waals surface area contributed by atoms with E-state index in [1.807, 2.05) is 13.8 Å². The smallest absolute Gasteiger partial charge is 0.326 e. The molecule has 0 heterocycles. The van der Waals surface area contributed by atoms with Crippen molar-refractivity contribution in [1.82, 2.24) is 16.0 Å². The van der Waals surface area contributed by atoms with Gasteiger partial charge in [0.15, 0.2) is 0 Å². The zero-order chi connectivity index (χ0) is 26.7. The fourth-order valence-electron chi connectivity index (χ4n) is 3.27. The largest absolute Gasteiger partial charge is 0.480 e. The molecule has 0 saturated heterocycles. The predicted molar refractivity (Wildman–Crippen MR) is 126 cm³/mol. The molecule has 4 amide bonds. The minimum absolute atomic E-state index is 0.0313. The zero-order valence-corrected chi connectivity index (χ0v) is 20.1. The quantitative estimate of drug-likeness (QED) is 0.160. The number of rotatable bonds is 14. The molecule has 1 rings (SSSR count). The maximum atomic E-state index is 12.8. The Kier molecular flexibility index (Phi) is 11.8. The number of hydrogen-bond donors (Lipinski definition) is 7. The molecule has 12 nitrogen and oxygen atoms in total. The van der Waals surface area contributed by atoms with Crippen LogP contribution < -0.4 is 27.4 Å². The van der Waals surface area contributed by atoms with Crippen LogP contribution in [0.5, 0.6) is 0 Å². The summed E-state index contributed by atoms with van der Waals surface area (Å²) in [7, 11) is 0. The maximum Gasteiger partial charge on any atom is 0.326 e. The van der Waals surface area contributed by atoms with Gasteiger partial charge in [0.25, 0.3) is 0 Å². The van der Waals surface area contributed by atoms with Crippen molar-refractivity contribution in [1.29, 1.82) is 0 Å². The van der Waals surface area contributed by atoms with Gasteiger partial charge in [-0.1, -0.05) is 44.2 Å². The maximum absolute atomic E-state index is 12.8. The lowest BCUT2D eigenvalue weighted by Crippen LogP contribution is -2.60. The second kappa shape index (κ2) is 14.0. The molecule has 5 atom stereocenters. The highest BCUT2D eigenvalue weighted by molar-refractivity contribution is 5.96. The van der Waals surface area contributed by atoms with E-state index in [1.54, 1.807) is 30.3 Å². The Bertz CT molecular complexity index is 892. The van der Waals surface area contributed by atoms with Crippen molar-refractivity contribution in [3.05, 3.63) is 35.9 Å². The third kappa shape index (κ3) is 10.5. The Hall–Kier alpha value is -3.51. The molecule has 35 heavy (non-hydrogen) atoms. The molecule has 0 saturated carbocycles. The molecule has 0 aliphatic rings. The van der Waals surface area contributed by atoms with E-state index in [0.717, 1.165) is 0 Å². The highest BCUT2D eigenvalue weighted by Gasteiger charge is 2.33. The normalized spacial score (nSPS) is 15.3. The van der Waals surface area contributed by atoms with Crippen molar-refractivity contribution in [3.63, 3.8) is 0 Å². The molecule has 9 N–H and O–H groups in total. The summed E-state index contributed by atoms with van der Waals surface area (Å²) in [4.78, 5) is 61.1. The summed E-state index contributed by atoms with van der Waals surface area (Å²) in [5, 5.41) is 26.5. The number of primary amides is 1. The van der Waals surface area contributed by atoms with E-state index in [2.05, 4.69) is 16.0 Å². The lowest BCUT2D eigenvalue weighted by Gasteiger charge is -2.26. The van der Waals surface area contributed by atoms with Gasteiger partial charge in [0.1, 0.15) is 18.1 Å². The first-order chi connectivity index (χ1) is 16.3. The molecule has 1 aromatic carbocycles. The summed E-state index contributed by atoms with van der Waals surface area (Å²) in [5.41, 5.74) is 11.7. The van der Waals surface area contributed by atoms with Gasteiger partial charge >= 0.3 is 5.97 Å². The molecule has 0 aromatic heterocycles. The molecular formula is C23H35N5O7. The van der Waals surface area contributed by atoms with Crippen molar-refractivity contribution in [2.45, 2.75) is 70.3 Å². The van der Waals surface area contributed by atoms with Crippen LogP contribution in [-0.4, -0.2) is 70.1 Å². The van der Waals surface area contributed by atoms with Crippen molar-refractivity contribution < 1.29 is 34.2 Å². The molecule has 0 spiro atoms. The molecule has 0 bridgehead atoms. The Labute approximate surface area is 203 Å². The van der Waals surface area contributed by atoms with Crippen molar-refractivity contribution >= 4 is 29.6 Å². The van der Waals surface area contributed by atoms with Crippen LogP contribution in [0.25, 0.3) is 0 Å². The zero-order valence-electron chi connectivity index (χ0n) is 20.1. The van der Waals surface area contributed by atoms with Crippen LogP contribution in [0.1, 0.15) is 39.2 Å². The number of carbonyl (C=O) groups is 5. The van der Waals surface area contributed by atoms with Gasteiger partial charge in [-0.2, -0.15) is 0 Å². The van der Waals surface area contributed by atoms with Gasteiger partial charge in [-0.05, 0) is 24.8 Å². The fraction of sp³-hybridized carbons (Fsp3) is 0.522. The van der Waals surface area contributed by atoms with Crippen LogP contribution in [0.15, 0.2) is 30.3 Å². The second-order valence-corrected chi connectivity index (χ2v) is 8.78. The average Bonchev–Trinajstić information content (AvgIpc) is 2.75. The summed E-state index contributed by atoms with van der Waals surface area (Å²) in [6.07, 6.45) is -1.71.